The molecule has 0 bridgehead atoms. The third kappa shape index (κ3) is 40.4. The fourth-order valence-electron chi connectivity index (χ4n) is 14.7. The summed E-state index contributed by atoms with van der Waals surface area (Å²) in [5.41, 5.74) is 32.1. The van der Waals surface area contributed by atoms with E-state index in [-0.39, 0.29) is 0 Å². The Morgan fingerprint density at radius 2 is 0.177 bits per heavy atom. The normalized spacial score (nSPS) is 9.43. The van der Waals surface area contributed by atoms with E-state index in [0.29, 0.717) is 0 Å². The van der Waals surface area contributed by atoms with Gasteiger partial charge in [-0.05, 0) is 296 Å². The summed E-state index contributed by atoms with van der Waals surface area (Å²) in [6, 6.07) is 172. The highest BCUT2D eigenvalue weighted by Crippen LogP contribution is 2.42. The Kier molecular flexibility index (Phi) is 60.8. The second-order valence-corrected chi connectivity index (χ2v) is 32.2. The summed E-state index contributed by atoms with van der Waals surface area (Å²) in [7, 11) is 12.4. The van der Waals surface area contributed by atoms with Crippen molar-refractivity contribution in [2.45, 2.75) is 166 Å². The highest BCUT2D eigenvalue weighted by molar-refractivity contribution is 5.84. The lowest BCUT2D eigenvalue weighted by Crippen LogP contribution is -2.12. The summed E-state index contributed by atoms with van der Waals surface area (Å²) in [5.74, 6) is 0. The van der Waals surface area contributed by atoms with Crippen LogP contribution in [-0.4, -0.2) is 42.3 Å². The zero-order valence-electron chi connectivity index (χ0n) is 94.3. The smallest absolute Gasteiger partial charge is 0.0463 e. The predicted molar refractivity (Wildman–Crippen MR) is 660 cm³/mol. The highest BCUT2D eigenvalue weighted by atomic mass is 15.2. The molecule has 0 amide bonds. The van der Waals surface area contributed by atoms with Gasteiger partial charge in [0, 0.05) is 162 Å². The molecule has 147 heavy (non-hydrogen) atoms. The maximum atomic E-state index is 2.30. The number of nitrogens with zero attached hydrogens (tertiary/aromatic N) is 9. The molecule has 18 aromatic carbocycles. The molecule has 0 N–H and O–H groups in total. The fourth-order valence-corrected chi connectivity index (χ4v) is 14.7. The topological polar surface area (TPSA) is 29.2 Å². The molecule has 0 aliphatic heterocycles. The average molecular weight is 1960 g/mol. The maximum absolute atomic E-state index is 2.30. The van der Waals surface area contributed by atoms with Gasteiger partial charge in [0.1, 0.15) is 0 Å². The van der Waals surface area contributed by atoms with Gasteiger partial charge in [0.2, 0.25) is 0 Å². The Hall–Kier alpha value is -15.8. The SMILES string of the molecule is CC.CC.CC.CC.CC.CC.CC.CC.CC.CN(C)c1ccc(N(c2ccccc2)c2ccccc2)cc1.CN(C)c1ccccc1.Cc1ccc(N(C)c2ccc(N(c3ccccc3)c3ccccc3)cc2)cc1.Cc1ccc(N(C)c2ccccc2)cc1.Cc1ccc(N(c2ccc(C)cc2)c2ccc(N(c3ccccc3)c3ccccc3)cc2)cc1.Cc1ccc(N(c2ccccc2)c2ccc(C)cc2)cc1. The highest BCUT2D eigenvalue weighted by Gasteiger charge is 2.19. The first kappa shape index (κ1) is 123. The molecular formula is C138H171N9. The van der Waals surface area contributed by atoms with E-state index in [1.807, 2.05) is 193 Å². The molecule has 0 unspecified atom stereocenters. The fraction of sp³-hybridized carbons (Fsp3) is 0.217. The molecule has 9 heteroatoms. The van der Waals surface area contributed by atoms with Crippen LogP contribution in [0.1, 0.15) is 158 Å². The Bertz CT molecular complexity index is 6020. The average Bonchev–Trinajstić information content (AvgIpc) is 0.788. The third-order valence-electron chi connectivity index (χ3n) is 22.0. The molecule has 0 radical (unpaired) electrons. The van der Waals surface area contributed by atoms with Crippen LogP contribution in [-0.2, 0) is 0 Å². The molecule has 18 aromatic rings. The van der Waals surface area contributed by atoms with Gasteiger partial charge in [0.25, 0.3) is 0 Å². The molecule has 0 fully saturated rings. The van der Waals surface area contributed by atoms with E-state index in [4.69, 9.17) is 0 Å². The van der Waals surface area contributed by atoms with Crippen LogP contribution in [0, 0.1) is 41.5 Å². The second kappa shape index (κ2) is 72.4. The van der Waals surface area contributed by atoms with Crippen molar-refractivity contribution in [3.63, 3.8) is 0 Å². The van der Waals surface area contributed by atoms with E-state index in [9.17, 15) is 0 Å². The van der Waals surface area contributed by atoms with E-state index in [2.05, 4.69) is 551 Å². The van der Waals surface area contributed by atoms with Gasteiger partial charge in [-0.1, -0.05) is 395 Å². The van der Waals surface area contributed by atoms with Crippen LogP contribution in [0.2, 0.25) is 0 Å². The molecule has 0 heterocycles. The first-order valence-corrected chi connectivity index (χ1v) is 53.0. The van der Waals surface area contributed by atoms with Gasteiger partial charge in [-0.15, -0.1) is 0 Å². The summed E-state index contributed by atoms with van der Waals surface area (Å²) >= 11 is 0. The zero-order valence-corrected chi connectivity index (χ0v) is 94.3. The van der Waals surface area contributed by atoms with Gasteiger partial charge in [-0.3, -0.25) is 0 Å². The van der Waals surface area contributed by atoms with Crippen LogP contribution in [0.5, 0.6) is 0 Å². The van der Waals surface area contributed by atoms with Crippen LogP contribution in [0.4, 0.5) is 119 Å². The van der Waals surface area contributed by atoms with Crippen molar-refractivity contribution in [3.05, 3.63) is 525 Å². The standard InChI is InChI=1S/C32H28N2.C26H24N2.C20H20N2.C20H19N.C14H15N.C8H11N.9C2H6/c1-25-13-17-29(18-14-25)34(30-19-15-26(2)16-20-30)32-23-21-31(22-24-32)33(27-9-5-3-6-10-27)28-11-7-4-8-12-28;1-21-13-15-22(16-14-21)27(2)23-17-19-26(20-18-23)28(24-9-5-3-6-10-24)25-11-7-4-8-12-25;1-21(2)17-13-15-20(16-14-17)22(18-9-5-3-6-10-18)19-11-7-4-8-12-19;1-16-8-12-19(13-9-16)21(18-6-4-3-5-7-18)20-14-10-17(2)11-15-20;1-12-8-10-14(11-9-12)15(2)13-6-4-3-5-7-13;1-9(2)8-6-4-3-5-7-8;9*1-2/h3-24H,1-2H3;3-20H,1-2H3;3-16H,1-2H3;3-15H,1-2H3;3-11H,1-2H3;3-7H,1-2H3;9*1-2H3. The molecule has 18 rings (SSSR count). The molecule has 9 nitrogen and oxygen atoms in total. The Labute approximate surface area is 890 Å². The Morgan fingerprint density at radius 1 is 0.0952 bits per heavy atom. The molecular weight excluding hydrogens is 1780 g/mol. The van der Waals surface area contributed by atoms with Gasteiger partial charge < -0.3 is 44.1 Å². The van der Waals surface area contributed by atoms with E-state index >= 15 is 0 Å². The van der Waals surface area contributed by atoms with Crippen molar-refractivity contribution in [3.8, 4) is 0 Å². The van der Waals surface area contributed by atoms with E-state index in [1.165, 1.54) is 78.9 Å². The number of para-hydroxylation sites is 9. The van der Waals surface area contributed by atoms with Crippen molar-refractivity contribution < 1.29 is 0 Å². The molecule has 0 aliphatic carbocycles. The Balaban J connectivity index is 0.000000366. The van der Waals surface area contributed by atoms with Gasteiger partial charge in [0.15, 0.2) is 0 Å². The molecule has 0 saturated heterocycles. The minimum Gasteiger partial charge on any atom is -0.378 e. The largest absolute Gasteiger partial charge is 0.378 e. The Morgan fingerprint density at radius 3 is 0.306 bits per heavy atom. The van der Waals surface area contributed by atoms with Gasteiger partial charge >= 0.3 is 0 Å². The van der Waals surface area contributed by atoms with Crippen LogP contribution in [0.25, 0.3) is 0 Å². The van der Waals surface area contributed by atoms with Crippen LogP contribution in [0.3, 0.4) is 0 Å². The number of aryl methyl sites for hydroxylation is 6. The summed E-state index contributed by atoms with van der Waals surface area (Å²) < 4.78 is 0. The van der Waals surface area contributed by atoms with Crippen molar-refractivity contribution in [2.24, 2.45) is 0 Å². The quantitative estimate of drug-likeness (QED) is 0.0698. The number of hydrogen-bond donors (Lipinski definition) is 0. The molecule has 0 spiro atoms. The first-order chi connectivity index (χ1) is 72.0. The monoisotopic (exact) mass is 1950 g/mol. The predicted octanol–water partition coefficient (Wildman–Crippen LogP) is 42.2. The number of benzene rings is 18. The molecule has 0 atom stereocenters. The van der Waals surface area contributed by atoms with E-state index in [1.54, 1.807) is 0 Å². The van der Waals surface area contributed by atoms with E-state index in [0.717, 1.165) is 73.9 Å². The van der Waals surface area contributed by atoms with Gasteiger partial charge in [-0.2, -0.15) is 0 Å². The van der Waals surface area contributed by atoms with Crippen LogP contribution >= 0.6 is 0 Å². The minimum atomic E-state index is 1.12. The lowest BCUT2D eigenvalue weighted by molar-refractivity contribution is 1.13. The maximum Gasteiger partial charge on any atom is 0.0463 e. The van der Waals surface area contributed by atoms with Crippen molar-refractivity contribution in [1.29, 1.82) is 0 Å². The van der Waals surface area contributed by atoms with Crippen molar-refractivity contribution in [2.75, 3.05) is 86.4 Å². The number of rotatable bonds is 21. The summed E-state index contributed by atoms with van der Waals surface area (Å²) in [4.78, 5) is 20.0. The van der Waals surface area contributed by atoms with E-state index < -0.39 is 0 Å². The summed E-state index contributed by atoms with van der Waals surface area (Å²) in [6.07, 6.45) is 0. The molecule has 768 valence electrons. The number of anilines is 21. The van der Waals surface area contributed by atoms with Gasteiger partial charge in [-0.25, -0.2) is 0 Å². The second-order valence-electron chi connectivity index (χ2n) is 32.2. The molecule has 0 aromatic heterocycles. The van der Waals surface area contributed by atoms with Gasteiger partial charge in [0.05, 0.1) is 0 Å². The van der Waals surface area contributed by atoms with Crippen LogP contribution < -0.4 is 44.1 Å². The summed E-state index contributed by atoms with van der Waals surface area (Å²) in [6.45, 7) is 48.7. The molecule has 0 saturated carbocycles. The first-order valence-electron chi connectivity index (χ1n) is 53.0. The minimum absolute atomic E-state index is 1.12. The summed E-state index contributed by atoms with van der Waals surface area (Å²) in [5, 5.41) is 0. The van der Waals surface area contributed by atoms with Crippen LogP contribution in [0.15, 0.2) is 491 Å². The zero-order chi connectivity index (χ0) is 108. The lowest BCUT2D eigenvalue weighted by atomic mass is 10.1. The lowest BCUT2D eigenvalue weighted by Gasteiger charge is -2.28. The number of hydrogen-bond acceptors (Lipinski definition) is 9. The van der Waals surface area contributed by atoms with Crippen molar-refractivity contribution in [1.82, 2.24) is 0 Å². The molecule has 0 aliphatic rings. The van der Waals surface area contributed by atoms with Crippen molar-refractivity contribution >= 4 is 119 Å². The third-order valence-corrected chi connectivity index (χ3v) is 22.0.